The lowest BCUT2D eigenvalue weighted by atomic mass is 10.1. The highest BCUT2D eigenvalue weighted by Gasteiger charge is 2.14. The molecule has 2 aromatic rings. The Hall–Kier alpha value is -1.36. The molecule has 0 amide bonds. The standard InChI is InChI=1S/C16H24N2O2/c1-17-11-16-14(12-18(2)9-6-10-19-3)13-7-4-5-8-15(13)20-16/h4-5,7-8,17H,6,9-12H2,1-3H3. The van der Waals surface area contributed by atoms with Crippen molar-refractivity contribution in [3.05, 3.63) is 35.6 Å². The summed E-state index contributed by atoms with van der Waals surface area (Å²) in [5.41, 5.74) is 2.26. The summed E-state index contributed by atoms with van der Waals surface area (Å²) in [4.78, 5) is 2.31. The van der Waals surface area contributed by atoms with Gasteiger partial charge in [0.25, 0.3) is 0 Å². The van der Waals surface area contributed by atoms with Gasteiger partial charge < -0.3 is 19.4 Å². The molecule has 1 heterocycles. The van der Waals surface area contributed by atoms with Crippen LogP contribution in [0.1, 0.15) is 17.7 Å². The first kappa shape index (κ1) is 15.0. The van der Waals surface area contributed by atoms with E-state index in [9.17, 15) is 0 Å². The molecule has 0 spiro atoms. The Morgan fingerprint density at radius 3 is 2.85 bits per heavy atom. The molecule has 0 aliphatic carbocycles. The van der Waals surface area contributed by atoms with Gasteiger partial charge in [-0.15, -0.1) is 0 Å². The van der Waals surface area contributed by atoms with Crippen molar-refractivity contribution in [3.8, 4) is 0 Å². The third-order valence-corrected chi connectivity index (χ3v) is 3.44. The van der Waals surface area contributed by atoms with Gasteiger partial charge in [0.1, 0.15) is 11.3 Å². The molecule has 110 valence electrons. The van der Waals surface area contributed by atoms with Gasteiger partial charge in [-0.1, -0.05) is 18.2 Å². The largest absolute Gasteiger partial charge is 0.459 e. The second-order valence-corrected chi connectivity index (χ2v) is 5.11. The Balaban J connectivity index is 2.16. The van der Waals surface area contributed by atoms with Crippen molar-refractivity contribution in [1.82, 2.24) is 10.2 Å². The summed E-state index contributed by atoms with van der Waals surface area (Å²) >= 11 is 0. The van der Waals surface area contributed by atoms with Gasteiger partial charge in [0, 0.05) is 37.8 Å². The lowest BCUT2D eigenvalue weighted by Crippen LogP contribution is -2.21. The van der Waals surface area contributed by atoms with Crippen LogP contribution in [0, 0.1) is 0 Å². The fourth-order valence-electron chi connectivity index (χ4n) is 2.45. The summed E-state index contributed by atoms with van der Waals surface area (Å²) < 4.78 is 11.1. The van der Waals surface area contributed by atoms with Gasteiger partial charge in [0.05, 0.1) is 6.54 Å². The summed E-state index contributed by atoms with van der Waals surface area (Å²) in [6.07, 6.45) is 1.05. The highest BCUT2D eigenvalue weighted by Crippen LogP contribution is 2.26. The lowest BCUT2D eigenvalue weighted by molar-refractivity contribution is 0.178. The maximum Gasteiger partial charge on any atom is 0.134 e. The second-order valence-electron chi connectivity index (χ2n) is 5.11. The van der Waals surface area contributed by atoms with Gasteiger partial charge in [0.15, 0.2) is 0 Å². The van der Waals surface area contributed by atoms with Crippen LogP contribution in [0.5, 0.6) is 0 Å². The average molecular weight is 276 g/mol. The monoisotopic (exact) mass is 276 g/mol. The number of fused-ring (bicyclic) bond motifs is 1. The molecule has 4 heteroatoms. The summed E-state index contributed by atoms with van der Waals surface area (Å²) in [5, 5.41) is 4.40. The summed E-state index contributed by atoms with van der Waals surface area (Å²) in [5.74, 6) is 1.03. The van der Waals surface area contributed by atoms with E-state index >= 15 is 0 Å². The van der Waals surface area contributed by atoms with Crippen LogP contribution in [-0.4, -0.2) is 39.3 Å². The van der Waals surface area contributed by atoms with Crippen LogP contribution in [0.25, 0.3) is 11.0 Å². The second kappa shape index (κ2) is 7.43. The van der Waals surface area contributed by atoms with Crippen LogP contribution in [0.15, 0.2) is 28.7 Å². The minimum absolute atomic E-state index is 0.760. The number of ether oxygens (including phenoxy) is 1. The maximum absolute atomic E-state index is 5.95. The molecule has 20 heavy (non-hydrogen) atoms. The first-order chi connectivity index (χ1) is 9.76. The zero-order valence-corrected chi connectivity index (χ0v) is 12.6. The Morgan fingerprint density at radius 2 is 2.10 bits per heavy atom. The molecule has 0 atom stereocenters. The van der Waals surface area contributed by atoms with Crippen LogP contribution in [0.4, 0.5) is 0 Å². The van der Waals surface area contributed by atoms with E-state index in [1.54, 1.807) is 7.11 Å². The smallest absolute Gasteiger partial charge is 0.134 e. The van der Waals surface area contributed by atoms with Gasteiger partial charge in [0.2, 0.25) is 0 Å². The van der Waals surface area contributed by atoms with Crippen molar-refractivity contribution in [3.63, 3.8) is 0 Å². The maximum atomic E-state index is 5.95. The number of furan rings is 1. The molecule has 0 aliphatic rings. The quantitative estimate of drug-likeness (QED) is 0.752. The fraction of sp³-hybridized carbons (Fsp3) is 0.500. The molecule has 0 saturated carbocycles. The van der Waals surface area contributed by atoms with Crippen molar-refractivity contribution in [2.75, 3.05) is 34.4 Å². The van der Waals surface area contributed by atoms with Gasteiger partial charge in [-0.3, -0.25) is 0 Å². The molecule has 0 radical (unpaired) electrons. The van der Waals surface area contributed by atoms with Crippen molar-refractivity contribution in [2.45, 2.75) is 19.5 Å². The van der Waals surface area contributed by atoms with Gasteiger partial charge in [-0.2, -0.15) is 0 Å². The van der Waals surface area contributed by atoms with Crippen molar-refractivity contribution in [2.24, 2.45) is 0 Å². The molecule has 2 rings (SSSR count). The van der Waals surface area contributed by atoms with Crippen molar-refractivity contribution >= 4 is 11.0 Å². The van der Waals surface area contributed by atoms with E-state index < -0.39 is 0 Å². The Bertz CT molecular complexity index is 536. The SMILES string of the molecule is CNCc1oc2ccccc2c1CN(C)CCCOC. The van der Waals surface area contributed by atoms with E-state index in [1.165, 1.54) is 10.9 Å². The zero-order valence-electron chi connectivity index (χ0n) is 12.6. The average Bonchev–Trinajstić information content (AvgIpc) is 2.78. The predicted octanol–water partition coefficient (Wildman–Crippen LogP) is 2.62. The van der Waals surface area contributed by atoms with E-state index in [2.05, 4.69) is 29.4 Å². The first-order valence-corrected chi connectivity index (χ1v) is 7.07. The number of rotatable bonds is 8. The number of hydrogen-bond acceptors (Lipinski definition) is 4. The molecule has 1 N–H and O–H groups in total. The zero-order chi connectivity index (χ0) is 14.4. The van der Waals surface area contributed by atoms with Crippen LogP contribution in [-0.2, 0) is 17.8 Å². The number of nitrogens with one attached hydrogen (secondary N) is 1. The highest BCUT2D eigenvalue weighted by atomic mass is 16.5. The molecule has 1 aromatic carbocycles. The normalized spacial score (nSPS) is 11.6. The minimum Gasteiger partial charge on any atom is -0.459 e. The van der Waals surface area contributed by atoms with Crippen LogP contribution in [0.3, 0.4) is 0 Å². The molecule has 4 nitrogen and oxygen atoms in total. The van der Waals surface area contributed by atoms with E-state index in [4.69, 9.17) is 9.15 Å². The summed E-state index contributed by atoms with van der Waals surface area (Å²) in [7, 11) is 5.83. The van der Waals surface area contributed by atoms with E-state index in [-0.39, 0.29) is 0 Å². The number of methoxy groups -OCH3 is 1. The number of hydrogen-bond donors (Lipinski definition) is 1. The third kappa shape index (κ3) is 3.60. The Kier molecular flexibility index (Phi) is 5.59. The van der Waals surface area contributed by atoms with Crippen molar-refractivity contribution in [1.29, 1.82) is 0 Å². The fourth-order valence-corrected chi connectivity index (χ4v) is 2.45. The minimum atomic E-state index is 0.760. The molecule has 0 fully saturated rings. The predicted molar refractivity (Wildman–Crippen MR) is 81.8 cm³/mol. The Morgan fingerprint density at radius 1 is 1.30 bits per heavy atom. The summed E-state index contributed by atoms with van der Waals surface area (Å²) in [6.45, 7) is 3.49. The molecular weight excluding hydrogens is 252 g/mol. The molecule has 0 aliphatic heterocycles. The molecular formula is C16H24N2O2. The molecule has 0 unspecified atom stereocenters. The van der Waals surface area contributed by atoms with Gasteiger partial charge in [-0.05, 0) is 26.6 Å². The lowest BCUT2D eigenvalue weighted by Gasteiger charge is -2.16. The van der Waals surface area contributed by atoms with Crippen molar-refractivity contribution < 1.29 is 9.15 Å². The molecule has 1 aromatic heterocycles. The van der Waals surface area contributed by atoms with Crippen LogP contribution in [0.2, 0.25) is 0 Å². The van der Waals surface area contributed by atoms with E-state index in [0.29, 0.717) is 0 Å². The number of benzene rings is 1. The third-order valence-electron chi connectivity index (χ3n) is 3.44. The summed E-state index contributed by atoms with van der Waals surface area (Å²) in [6, 6.07) is 8.25. The van der Waals surface area contributed by atoms with E-state index in [1.807, 2.05) is 19.2 Å². The number of para-hydroxylation sites is 1. The number of nitrogens with zero attached hydrogens (tertiary/aromatic N) is 1. The van der Waals surface area contributed by atoms with Crippen LogP contribution >= 0.6 is 0 Å². The molecule has 0 bridgehead atoms. The van der Waals surface area contributed by atoms with E-state index in [0.717, 1.165) is 44.0 Å². The van der Waals surface area contributed by atoms with Crippen LogP contribution < -0.4 is 5.32 Å². The van der Waals surface area contributed by atoms with Gasteiger partial charge >= 0.3 is 0 Å². The Labute approximate surface area is 120 Å². The molecule has 0 saturated heterocycles. The topological polar surface area (TPSA) is 37.6 Å². The highest BCUT2D eigenvalue weighted by molar-refractivity contribution is 5.82. The first-order valence-electron chi connectivity index (χ1n) is 7.07. The van der Waals surface area contributed by atoms with Gasteiger partial charge in [-0.25, -0.2) is 0 Å².